The Bertz CT molecular complexity index is 1090. The molecule has 3 rings (SSSR count). The number of hydrogen-bond acceptors (Lipinski definition) is 7. The van der Waals surface area contributed by atoms with E-state index in [1.165, 1.54) is 23.5 Å². The van der Waals surface area contributed by atoms with Gasteiger partial charge in [-0.2, -0.15) is 4.31 Å². The Morgan fingerprint density at radius 1 is 1.15 bits per heavy atom. The summed E-state index contributed by atoms with van der Waals surface area (Å²) in [7, 11) is -2.69. The molecule has 0 radical (unpaired) electrons. The first kappa shape index (κ1) is 24.7. The van der Waals surface area contributed by atoms with Gasteiger partial charge in [0, 0.05) is 37.3 Å². The fourth-order valence-corrected chi connectivity index (χ4v) is 5.33. The van der Waals surface area contributed by atoms with Gasteiger partial charge in [0.05, 0.1) is 23.7 Å². The third kappa shape index (κ3) is 5.88. The largest absolute Gasteiger partial charge is 0.475 e. The molecule has 1 aromatic heterocycles. The lowest BCUT2D eigenvalue weighted by molar-refractivity contribution is -0.126. The van der Waals surface area contributed by atoms with Crippen molar-refractivity contribution in [1.29, 1.82) is 0 Å². The van der Waals surface area contributed by atoms with Crippen molar-refractivity contribution in [3.05, 3.63) is 53.7 Å². The second-order valence-electron chi connectivity index (χ2n) is 8.02. The Balaban J connectivity index is 1.61. The van der Waals surface area contributed by atoms with E-state index in [4.69, 9.17) is 9.47 Å². The number of rotatable bonds is 8. The summed E-state index contributed by atoms with van der Waals surface area (Å²) in [6.07, 6.45) is 2.36. The molecule has 178 valence electrons. The van der Waals surface area contributed by atoms with E-state index in [-0.39, 0.29) is 48.0 Å². The molecule has 0 unspecified atom stereocenters. The van der Waals surface area contributed by atoms with Crippen LogP contribution in [-0.4, -0.2) is 55.9 Å². The zero-order valence-corrected chi connectivity index (χ0v) is 19.8. The summed E-state index contributed by atoms with van der Waals surface area (Å²) in [6.45, 7) is 4.46. The molecule has 0 atom stereocenters. The average Bonchev–Trinajstić information content (AvgIpc) is 2.82. The average molecular weight is 476 g/mol. The molecule has 0 aliphatic carbocycles. The number of ether oxygens (including phenoxy) is 2. The van der Waals surface area contributed by atoms with Crippen LogP contribution in [0.15, 0.2) is 47.5 Å². The first-order chi connectivity index (χ1) is 15.7. The molecule has 9 nitrogen and oxygen atoms in total. The number of carbonyl (C=O) groups excluding carboxylic acids is 2. The molecule has 0 spiro atoms. The number of benzene rings is 1. The zero-order chi connectivity index (χ0) is 24.0. The van der Waals surface area contributed by atoms with Gasteiger partial charge in [0.15, 0.2) is 0 Å². The Morgan fingerprint density at radius 2 is 1.85 bits per heavy atom. The van der Waals surface area contributed by atoms with Crippen molar-refractivity contribution in [2.24, 2.45) is 5.92 Å². The van der Waals surface area contributed by atoms with Crippen molar-refractivity contribution in [2.75, 3.05) is 20.2 Å². The standard InChI is InChI=1S/C23H29N3O6S/c1-16(2)32-22-18(7-6-12-24-22)15-25-21(27)17-10-13-26(14-11-17)33(29,30)20-9-5-4-8-19(20)23(28)31-3/h4-9,12,16-17H,10-11,13-15H2,1-3H3,(H,25,27). The molecule has 1 aliphatic rings. The van der Waals surface area contributed by atoms with E-state index in [9.17, 15) is 18.0 Å². The lowest BCUT2D eigenvalue weighted by Gasteiger charge is -2.31. The van der Waals surface area contributed by atoms with Crippen molar-refractivity contribution in [1.82, 2.24) is 14.6 Å². The number of pyridine rings is 1. The number of sulfonamides is 1. The Kier molecular flexibility index (Phi) is 8.04. The predicted octanol–water partition coefficient (Wildman–Crippen LogP) is 2.37. The molecule has 33 heavy (non-hydrogen) atoms. The van der Waals surface area contributed by atoms with Crippen LogP contribution < -0.4 is 10.1 Å². The van der Waals surface area contributed by atoms with Gasteiger partial charge in [-0.15, -0.1) is 0 Å². The van der Waals surface area contributed by atoms with Gasteiger partial charge in [-0.1, -0.05) is 18.2 Å². The number of hydrogen-bond donors (Lipinski definition) is 1. The molecular weight excluding hydrogens is 446 g/mol. The van der Waals surface area contributed by atoms with Crippen molar-refractivity contribution in [3.63, 3.8) is 0 Å². The molecular formula is C23H29N3O6S. The summed E-state index contributed by atoms with van der Waals surface area (Å²) < 4.78 is 38.0. The molecule has 1 N–H and O–H groups in total. The summed E-state index contributed by atoms with van der Waals surface area (Å²) >= 11 is 0. The number of carbonyl (C=O) groups is 2. The highest BCUT2D eigenvalue weighted by molar-refractivity contribution is 7.89. The maximum Gasteiger partial charge on any atom is 0.339 e. The van der Waals surface area contributed by atoms with E-state index in [0.717, 1.165) is 5.56 Å². The smallest absolute Gasteiger partial charge is 0.339 e. The van der Waals surface area contributed by atoms with Gasteiger partial charge >= 0.3 is 5.97 Å². The molecule has 0 bridgehead atoms. The van der Waals surface area contributed by atoms with Crippen LogP contribution in [0.3, 0.4) is 0 Å². The first-order valence-corrected chi connectivity index (χ1v) is 12.2. The van der Waals surface area contributed by atoms with Gasteiger partial charge in [0.1, 0.15) is 0 Å². The van der Waals surface area contributed by atoms with Gasteiger partial charge in [-0.3, -0.25) is 4.79 Å². The highest BCUT2D eigenvalue weighted by atomic mass is 32.2. The molecule has 10 heteroatoms. The van der Waals surface area contributed by atoms with E-state index in [1.807, 2.05) is 19.9 Å². The summed E-state index contributed by atoms with van der Waals surface area (Å²) in [5.74, 6) is -0.669. The van der Waals surface area contributed by atoms with Crippen molar-refractivity contribution in [2.45, 2.75) is 44.2 Å². The van der Waals surface area contributed by atoms with Gasteiger partial charge in [0.25, 0.3) is 0 Å². The monoisotopic (exact) mass is 475 g/mol. The highest BCUT2D eigenvalue weighted by Crippen LogP contribution is 2.26. The first-order valence-electron chi connectivity index (χ1n) is 10.8. The van der Waals surface area contributed by atoms with Crippen LogP contribution in [0.1, 0.15) is 42.6 Å². The van der Waals surface area contributed by atoms with Crippen molar-refractivity contribution < 1.29 is 27.5 Å². The molecule has 1 aliphatic heterocycles. The van der Waals surface area contributed by atoms with Crippen LogP contribution in [0.25, 0.3) is 0 Å². The maximum absolute atomic E-state index is 13.1. The van der Waals surface area contributed by atoms with Crippen molar-refractivity contribution in [3.8, 4) is 5.88 Å². The van der Waals surface area contributed by atoms with Crippen LogP contribution in [-0.2, 0) is 26.1 Å². The molecule has 1 saturated heterocycles. The summed E-state index contributed by atoms with van der Waals surface area (Å²) in [5.41, 5.74) is 0.773. The SMILES string of the molecule is COC(=O)c1ccccc1S(=O)(=O)N1CCC(C(=O)NCc2cccnc2OC(C)C)CC1. The van der Waals surface area contributed by atoms with Crippen LogP contribution in [0.5, 0.6) is 5.88 Å². The summed E-state index contributed by atoms with van der Waals surface area (Å²) in [4.78, 5) is 28.8. The van der Waals surface area contributed by atoms with Gasteiger partial charge < -0.3 is 14.8 Å². The summed E-state index contributed by atoms with van der Waals surface area (Å²) in [6, 6.07) is 9.60. The minimum absolute atomic E-state index is 0.00393. The van der Waals surface area contributed by atoms with Gasteiger partial charge in [-0.25, -0.2) is 18.2 Å². The normalized spacial score (nSPS) is 15.3. The molecule has 1 amide bonds. The lowest BCUT2D eigenvalue weighted by atomic mass is 9.97. The number of nitrogens with zero attached hydrogens (tertiary/aromatic N) is 2. The zero-order valence-electron chi connectivity index (χ0n) is 19.0. The van der Waals surface area contributed by atoms with E-state index >= 15 is 0 Å². The third-order valence-electron chi connectivity index (χ3n) is 5.39. The van der Waals surface area contributed by atoms with Crippen LogP contribution in [0.2, 0.25) is 0 Å². The topological polar surface area (TPSA) is 115 Å². The van der Waals surface area contributed by atoms with E-state index in [1.54, 1.807) is 24.4 Å². The third-order valence-corrected chi connectivity index (χ3v) is 7.34. The van der Waals surface area contributed by atoms with Gasteiger partial charge in [0.2, 0.25) is 21.8 Å². The molecule has 1 fully saturated rings. The van der Waals surface area contributed by atoms with E-state index < -0.39 is 16.0 Å². The predicted molar refractivity (Wildman–Crippen MR) is 121 cm³/mol. The number of amides is 1. The fraction of sp³-hybridized carbons (Fsp3) is 0.435. The lowest BCUT2D eigenvalue weighted by Crippen LogP contribution is -2.43. The number of aromatic nitrogens is 1. The number of methoxy groups -OCH3 is 1. The number of esters is 1. The van der Waals surface area contributed by atoms with Crippen LogP contribution in [0, 0.1) is 5.92 Å². The maximum atomic E-state index is 13.1. The molecule has 2 heterocycles. The Morgan fingerprint density at radius 3 is 2.52 bits per heavy atom. The molecule has 0 saturated carbocycles. The van der Waals surface area contributed by atoms with E-state index in [2.05, 4.69) is 10.3 Å². The highest BCUT2D eigenvalue weighted by Gasteiger charge is 2.34. The molecule has 2 aromatic rings. The number of nitrogens with one attached hydrogen (secondary N) is 1. The minimum atomic E-state index is -3.89. The fourth-order valence-electron chi connectivity index (χ4n) is 3.68. The Labute approximate surface area is 194 Å². The number of piperidine rings is 1. The quantitative estimate of drug-likeness (QED) is 0.583. The summed E-state index contributed by atoms with van der Waals surface area (Å²) in [5, 5.41) is 2.91. The van der Waals surface area contributed by atoms with Crippen LogP contribution >= 0.6 is 0 Å². The Hall–Kier alpha value is -2.98. The second kappa shape index (κ2) is 10.8. The minimum Gasteiger partial charge on any atom is -0.475 e. The molecule has 1 aromatic carbocycles. The van der Waals surface area contributed by atoms with Crippen molar-refractivity contribution >= 4 is 21.9 Å². The van der Waals surface area contributed by atoms with E-state index in [0.29, 0.717) is 18.7 Å². The van der Waals surface area contributed by atoms with Crippen LogP contribution in [0.4, 0.5) is 0 Å². The second-order valence-corrected chi connectivity index (χ2v) is 9.92. The van der Waals surface area contributed by atoms with Gasteiger partial charge in [-0.05, 0) is 44.9 Å².